The van der Waals surface area contributed by atoms with Gasteiger partial charge in [0.1, 0.15) is 5.69 Å². The maximum Gasteiger partial charge on any atom is 0.418 e. The molecule has 1 aromatic rings. The van der Waals surface area contributed by atoms with Gasteiger partial charge in [-0.15, -0.1) is 0 Å². The van der Waals surface area contributed by atoms with Gasteiger partial charge in [-0.3, -0.25) is 0 Å². The molecule has 2 N–H and O–H groups in total. The fourth-order valence-electron chi connectivity index (χ4n) is 0.506. The zero-order valence-corrected chi connectivity index (χ0v) is 6.19. The molecule has 3 heteroatoms. The van der Waals surface area contributed by atoms with E-state index in [0.717, 1.165) is 5.00 Å². The van der Waals surface area contributed by atoms with Gasteiger partial charge in [0.05, 0.1) is 6.08 Å². The zero-order valence-electron chi connectivity index (χ0n) is 5.37. The number of nitrogens with zero attached hydrogens (tertiary/aromatic N) is 1. The average molecular weight is 151 g/mol. The Morgan fingerprint density at radius 3 is 3.10 bits per heavy atom. The highest BCUT2D eigenvalue weighted by Gasteiger charge is 2.06. The van der Waals surface area contributed by atoms with Gasteiger partial charge in [0.15, 0.2) is 0 Å². The molecule has 0 saturated carbocycles. The Balaban J connectivity index is 2.94. The minimum absolute atomic E-state index is 0.694. The number of thiophene rings is 1. The number of nitrogens with two attached hydrogens (primary N) is 1. The van der Waals surface area contributed by atoms with Crippen molar-refractivity contribution in [1.29, 1.82) is 0 Å². The molecular formula is C7H7N2S+. The molecule has 0 amide bonds. The van der Waals surface area contributed by atoms with Gasteiger partial charge in [-0.05, 0) is 10.9 Å². The largest absolute Gasteiger partial charge is 0.418 e. The molecule has 0 bridgehead atoms. The van der Waals surface area contributed by atoms with Gasteiger partial charge in [0.25, 0.3) is 0 Å². The Morgan fingerprint density at radius 2 is 2.60 bits per heavy atom. The van der Waals surface area contributed by atoms with Gasteiger partial charge in [-0.25, -0.2) is 0 Å². The fourth-order valence-corrected chi connectivity index (χ4v) is 1.16. The molecule has 2 nitrogen and oxygen atoms in total. The van der Waals surface area contributed by atoms with E-state index in [1.807, 2.05) is 11.4 Å². The molecule has 0 saturated heterocycles. The highest BCUT2D eigenvalue weighted by atomic mass is 32.1. The van der Waals surface area contributed by atoms with Crippen molar-refractivity contribution in [2.45, 2.75) is 0 Å². The third-order valence-corrected chi connectivity index (χ3v) is 1.75. The summed E-state index contributed by atoms with van der Waals surface area (Å²) in [5, 5.41) is 2.68. The van der Waals surface area contributed by atoms with E-state index in [4.69, 9.17) is 5.73 Å². The van der Waals surface area contributed by atoms with Crippen LogP contribution in [0.25, 0.3) is 4.85 Å². The third kappa shape index (κ3) is 1.36. The second kappa shape index (κ2) is 3.04. The Bertz CT molecular complexity index is 290. The number of rotatable bonds is 0. The molecule has 10 heavy (non-hydrogen) atoms. The molecule has 0 aromatic carbocycles. The molecule has 1 heterocycles. The van der Waals surface area contributed by atoms with Crippen molar-refractivity contribution < 1.29 is 0 Å². The summed E-state index contributed by atoms with van der Waals surface area (Å²) < 4.78 is 0. The summed E-state index contributed by atoms with van der Waals surface area (Å²) in [5.74, 6) is 0. The number of nitrogen functional groups attached to an aromatic ring is 1. The van der Waals surface area contributed by atoms with Crippen LogP contribution in [0.4, 0.5) is 10.7 Å². The number of hydrogen-bond acceptors (Lipinski definition) is 2. The lowest BCUT2D eigenvalue weighted by Crippen LogP contribution is -1.76. The van der Waals surface area contributed by atoms with E-state index >= 15 is 0 Å². The molecule has 0 aliphatic rings. The summed E-state index contributed by atoms with van der Waals surface area (Å²) in [6.45, 7) is 3.45. The van der Waals surface area contributed by atoms with Gasteiger partial charge >= 0.3 is 11.1 Å². The second-order valence-electron chi connectivity index (χ2n) is 1.63. The topological polar surface area (TPSA) is 30.4 Å². The summed E-state index contributed by atoms with van der Waals surface area (Å²) in [4.78, 5) is 3.91. The standard InChI is InChI=1S/C7H7N2S/c1-2-4-9-7-6(8)3-5-10-7/h2-3,5H,1,8H2/q+1. The smallest absolute Gasteiger partial charge is 0.392 e. The lowest BCUT2D eigenvalue weighted by molar-refractivity contribution is 1.88. The molecule has 1 rings (SSSR count). The second-order valence-corrected chi connectivity index (χ2v) is 2.52. The van der Waals surface area contributed by atoms with Crippen LogP contribution in [-0.2, 0) is 0 Å². The summed E-state index contributed by atoms with van der Waals surface area (Å²) in [6.07, 6.45) is 1.50. The van der Waals surface area contributed by atoms with Crippen molar-refractivity contribution >= 4 is 22.0 Å². The predicted octanol–water partition coefficient (Wildman–Crippen LogP) is 2.48. The molecule has 0 atom stereocenters. The van der Waals surface area contributed by atoms with Crippen LogP contribution < -0.4 is 5.73 Å². The molecule has 0 aliphatic carbocycles. The Morgan fingerprint density at radius 1 is 1.80 bits per heavy atom. The Kier molecular flexibility index (Phi) is 2.08. The van der Waals surface area contributed by atoms with Crippen molar-refractivity contribution in [2.24, 2.45) is 0 Å². The predicted molar refractivity (Wildman–Crippen MR) is 45.8 cm³/mol. The first kappa shape index (κ1) is 6.84. The molecule has 0 unspecified atom stereocenters. The van der Waals surface area contributed by atoms with E-state index in [-0.39, 0.29) is 0 Å². The van der Waals surface area contributed by atoms with Crippen LogP contribution in [0, 0.1) is 6.07 Å². The minimum atomic E-state index is 0.694. The van der Waals surface area contributed by atoms with E-state index in [0.29, 0.717) is 5.69 Å². The van der Waals surface area contributed by atoms with Crippen LogP contribution in [0.5, 0.6) is 0 Å². The monoisotopic (exact) mass is 151 g/mol. The number of allylic oxidation sites excluding steroid dienone is 1. The third-order valence-electron chi connectivity index (χ3n) is 0.932. The van der Waals surface area contributed by atoms with Crippen molar-refractivity contribution in [3.63, 3.8) is 0 Å². The van der Waals surface area contributed by atoms with Crippen LogP contribution in [-0.4, -0.2) is 0 Å². The van der Waals surface area contributed by atoms with E-state index in [9.17, 15) is 0 Å². The first-order valence-electron chi connectivity index (χ1n) is 2.74. The number of anilines is 1. The van der Waals surface area contributed by atoms with Crippen molar-refractivity contribution in [3.8, 4) is 6.07 Å². The van der Waals surface area contributed by atoms with Gasteiger partial charge in [0, 0.05) is 5.38 Å². The molecule has 1 aromatic heterocycles. The lowest BCUT2D eigenvalue weighted by Gasteiger charge is -1.70. The van der Waals surface area contributed by atoms with Crippen LogP contribution in [0.1, 0.15) is 0 Å². The van der Waals surface area contributed by atoms with Crippen molar-refractivity contribution in [1.82, 2.24) is 0 Å². The number of hydrogen-bond donors (Lipinski definition) is 1. The zero-order chi connectivity index (χ0) is 7.40. The molecule has 50 valence electrons. The summed E-state index contributed by atoms with van der Waals surface area (Å²) in [5.41, 5.74) is 6.22. The lowest BCUT2D eigenvalue weighted by atomic mass is 10.5. The summed E-state index contributed by atoms with van der Waals surface area (Å²) in [6, 6.07) is 4.42. The molecule has 0 aliphatic heterocycles. The Labute approximate surface area is 63.4 Å². The summed E-state index contributed by atoms with van der Waals surface area (Å²) in [7, 11) is 0. The Hall–Kier alpha value is -1.27. The minimum Gasteiger partial charge on any atom is -0.392 e. The highest BCUT2D eigenvalue weighted by molar-refractivity contribution is 7.15. The highest BCUT2D eigenvalue weighted by Crippen LogP contribution is 2.28. The van der Waals surface area contributed by atoms with Gasteiger partial charge in [-0.1, -0.05) is 17.9 Å². The van der Waals surface area contributed by atoms with E-state index in [1.165, 1.54) is 17.4 Å². The van der Waals surface area contributed by atoms with Gasteiger partial charge < -0.3 is 5.73 Å². The molecule has 0 fully saturated rings. The molecule has 0 radical (unpaired) electrons. The normalized spacial score (nSPS) is 8.00. The maximum absolute atomic E-state index is 5.52. The van der Waals surface area contributed by atoms with Crippen LogP contribution in [0.2, 0.25) is 0 Å². The van der Waals surface area contributed by atoms with Crippen LogP contribution in [0.3, 0.4) is 0 Å². The van der Waals surface area contributed by atoms with Crippen molar-refractivity contribution in [2.75, 3.05) is 5.73 Å². The SMILES string of the molecule is C=CC#[N+]c1sccc1N. The van der Waals surface area contributed by atoms with Gasteiger partial charge in [0.2, 0.25) is 0 Å². The maximum atomic E-state index is 5.52. The van der Waals surface area contributed by atoms with Crippen LogP contribution >= 0.6 is 11.3 Å². The van der Waals surface area contributed by atoms with Crippen molar-refractivity contribution in [3.05, 3.63) is 28.9 Å². The summed E-state index contributed by atoms with van der Waals surface area (Å²) >= 11 is 1.49. The van der Waals surface area contributed by atoms with E-state index in [2.05, 4.69) is 17.5 Å². The first-order chi connectivity index (χ1) is 4.84. The van der Waals surface area contributed by atoms with E-state index in [1.54, 1.807) is 0 Å². The van der Waals surface area contributed by atoms with Gasteiger partial charge in [-0.2, -0.15) is 0 Å². The average Bonchev–Trinajstić information content (AvgIpc) is 2.31. The van der Waals surface area contributed by atoms with E-state index < -0.39 is 0 Å². The fraction of sp³-hybridized carbons (Fsp3) is 0. The quantitative estimate of drug-likeness (QED) is 0.567. The molecule has 0 spiro atoms. The molecular weight excluding hydrogens is 144 g/mol. The first-order valence-corrected chi connectivity index (χ1v) is 3.62. The van der Waals surface area contributed by atoms with Crippen LogP contribution in [0.15, 0.2) is 24.1 Å².